The number of aryl methyl sites for hydroxylation is 1. The molecule has 1 N–H and O–H groups in total. The van der Waals surface area contributed by atoms with Crippen LogP contribution < -0.4 is 4.90 Å². The van der Waals surface area contributed by atoms with Gasteiger partial charge >= 0.3 is 0 Å². The quantitative estimate of drug-likeness (QED) is 0.787. The van der Waals surface area contributed by atoms with Gasteiger partial charge < -0.3 is 10.0 Å². The summed E-state index contributed by atoms with van der Waals surface area (Å²) < 4.78 is 4.17. The fraction of sp³-hybridized carbons (Fsp3) is 0.750. The predicted octanol–water partition coefficient (Wildman–Crippen LogP) is 0.917. The lowest BCUT2D eigenvalue weighted by Crippen LogP contribution is -2.26. The van der Waals surface area contributed by atoms with Crippen molar-refractivity contribution in [2.45, 2.75) is 26.4 Å². The highest BCUT2D eigenvalue weighted by Gasteiger charge is 2.09. The van der Waals surface area contributed by atoms with Crippen molar-refractivity contribution in [3.8, 4) is 0 Å². The first kappa shape index (κ1) is 10.4. The fourth-order valence-corrected chi connectivity index (χ4v) is 1.73. The molecule has 0 saturated carbocycles. The van der Waals surface area contributed by atoms with E-state index in [1.54, 1.807) is 6.92 Å². The molecule has 13 heavy (non-hydrogen) atoms. The first-order valence-electron chi connectivity index (χ1n) is 4.35. The Morgan fingerprint density at radius 1 is 1.62 bits per heavy atom. The summed E-state index contributed by atoms with van der Waals surface area (Å²) in [6.45, 7) is 4.39. The maximum absolute atomic E-state index is 9.16. The highest BCUT2D eigenvalue weighted by Crippen LogP contribution is 2.15. The Kier molecular flexibility index (Phi) is 3.62. The van der Waals surface area contributed by atoms with Gasteiger partial charge in [-0.2, -0.15) is 4.37 Å². The Balaban J connectivity index is 2.60. The summed E-state index contributed by atoms with van der Waals surface area (Å²) in [6, 6.07) is 0. The van der Waals surface area contributed by atoms with E-state index in [9.17, 15) is 0 Å². The molecule has 0 aliphatic rings. The number of aliphatic hydroxyl groups is 1. The highest BCUT2D eigenvalue weighted by molar-refractivity contribution is 7.09. The summed E-state index contributed by atoms with van der Waals surface area (Å²) >= 11 is 1.38. The highest BCUT2D eigenvalue weighted by atomic mass is 32.1. The minimum absolute atomic E-state index is 0.334. The number of hydrogen-bond donors (Lipinski definition) is 1. The second kappa shape index (κ2) is 4.53. The van der Waals surface area contributed by atoms with E-state index in [4.69, 9.17) is 5.11 Å². The molecule has 1 unspecified atom stereocenters. The van der Waals surface area contributed by atoms with Gasteiger partial charge in [-0.3, -0.25) is 0 Å². The van der Waals surface area contributed by atoms with Crippen LogP contribution >= 0.6 is 11.5 Å². The van der Waals surface area contributed by atoms with Gasteiger partial charge in [0, 0.05) is 31.5 Å². The molecule has 0 fully saturated rings. The first-order chi connectivity index (χ1) is 6.13. The van der Waals surface area contributed by atoms with E-state index in [1.807, 2.05) is 18.9 Å². The van der Waals surface area contributed by atoms with Crippen LogP contribution in [-0.2, 0) is 6.42 Å². The third-order valence-corrected chi connectivity index (χ3v) is 2.51. The minimum atomic E-state index is -0.334. The van der Waals surface area contributed by atoms with Crippen LogP contribution in [0, 0.1) is 0 Å². The van der Waals surface area contributed by atoms with Crippen LogP contribution in [0.25, 0.3) is 0 Å². The molecule has 0 radical (unpaired) electrons. The Labute approximate surface area is 82.4 Å². The molecule has 0 amide bonds. The molecule has 1 aromatic rings. The normalized spacial score (nSPS) is 12.9. The summed E-state index contributed by atoms with van der Waals surface area (Å²) in [6.07, 6.45) is 0.526. The lowest BCUT2D eigenvalue weighted by Gasteiger charge is -2.16. The summed E-state index contributed by atoms with van der Waals surface area (Å²) in [5, 5.41) is 10.0. The molecule has 4 nitrogen and oxygen atoms in total. The summed E-state index contributed by atoms with van der Waals surface area (Å²) in [4.78, 5) is 6.22. The molecule has 0 spiro atoms. The van der Waals surface area contributed by atoms with Crippen molar-refractivity contribution < 1.29 is 5.11 Å². The van der Waals surface area contributed by atoms with Gasteiger partial charge in [-0.25, -0.2) is 4.98 Å². The molecule has 1 heterocycles. The second-order valence-electron chi connectivity index (χ2n) is 3.08. The van der Waals surface area contributed by atoms with Gasteiger partial charge in [-0.15, -0.1) is 0 Å². The summed E-state index contributed by atoms with van der Waals surface area (Å²) in [7, 11) is 1.91. The van der Waals surface area contributed by atoms with E-state index < -0.39 is 0 Å². The number of aromatic nitrogens is 2. The molecule has 0 aliphatic carbocycles. The lowest BCUT2D eigenvalue weighted by molar-refractivity contribution is 0.201. The largest absolute Gasteiger partial charge is 0.392 e. The molecule has 1 rings (SSSR count). The zero-order valence-corrected chi connectivity index (χ0v) is 9.01. The van der Waals surface area contributed by atoms with Crippen LogP contribution in [-0.4, -0.2) is 34.2 Å². The molecular weight excluding hydrogens is 186 g/mol. The third kappa shape index (κ3) is 2.93. The van der Waals surface area contributed by atoms with Gasteiger partial charge in [0.2, 0.25) is 5.13 Å². The molecule has 1 atom stereocenters. The summed E-state index contributed by atoms with van der Waals surface area (Å²) in [5.41, 5.74) is 0. The van der Waals surface area contributed by atoms with Crippen molar-refractivity contribution in [3.05, 3.63) is 5.82 Å². The maximum atomic E-state index is 9.16. The average Bonchev–Trinajstić information content (AvgIpc) is 2.50. The van der Waals surface area contributed by atoms with Crippen LogP contribution in [0.15, 0.2) is 0 Å². The van der Waals surface area contributed by atoms with Crippen LogP contribution in [0.3, 0.4) is 0 Å². The van der Waals surface area contributed by atoms with Crippen molar-refractivity contribution in [3.63, 3.8) is 0 Å². The molecule has 0 aromatic carbocycles. The van der Waals surface area contributed by atoms with Crippen molar-refractivity contribution in [1.82, 2.24) is 9.36 Å². The molecule has 5 heteroatoms. The smallest absolute Gasteiger partial charge is 0.205 e. The molecule has 1 aromatic heterocycles. The van der Waals surface area contributed by atoms with E-state index in [1.165, 1.54) is 11.5 Å². The molecule has 74 valence electrons. The average molecular weight is 201 g/mol. The Bertz CT molecular complexity index is 262. The minimum Gasteiger partial charge on any atom is -0.392 e. The van der Waals surface area contributed by atoms with Crippen molar-refractivity contribution in [1.29, 1.82) is 0 Å². The monoisotopic (exact) mass is 201 g/mol. The third-order valence-electron chi connectivity index (χ3n) is 1.64. The van der Waals surface area contributed by atoms with Crippen LogP contribution in [0.5, 0.6) is 0 Å². The molecular formula is C8H15N3OS. The SMILES string of the molecule is CCc1nsc(N(C)CC(C)O)n1. The van der Waals surface area contributed by atoms with E-state index in [-0.39, 0.29) is 6.10 Å². The molecule has 0 saturated heterocycles. The van der Waals surface area contributed by atoms with Gasteiger partial charge in [-0.05, 0) is 6.92 Å². The van der Waals surface area contributed by atoms with Crippen molar-refractivity contribution in [2.75, 3.05) is 18.5 Å². The number of aliphatic hydroxyl groups excluding tert-OH is 1. The number of nitrogens with zero attached hydrogens (tertiary/aromatic N) is 3. The maximum Gasteiger partial charge on any atom is 0.205 e. The van der Waals surface area contributed by atoms with Gasteiger partial charge in [0.1, 0.15) is 5.82 Å². The van der Waals surface area contributed by atoms with E-state index >= 15 is 0 Å². The lowest BCUT2D eigenvalue weighted by atomic mass is 10.4. The Hall–Kier alpha value is -0.680. The van der Waals surface area contributed by atoms with Crippen molar-refractivity contribution in [2.24, 2.45) is 0 Å². The standard InChI is InChI=1S/C8H15N3OS/c1-4-7-9-8(13-10-7)11(3)5-6(2)12/h6,12H,4-5H2,1-3H3. The van der Waals surface area contributed by atoms with Crippen LogP contribution in [0.4, 0.5) is 5.13 Å². The van der Waals surface area contributed by atoms with Crippen LogP contribution in [0.2, 0.25) is 0 Å². The Morgan fingerprint density at radius 2 is 2.31 bits per heavy atom. The molecule has 0 bridgehead atoms. The van der Waals surface area contributed by atoms with E-state index in [0.717, 1.165) is 17.4 Å². The number of hydrogen-bond acceptors (Lipinski definition) is 5. The Morgan fingerprint density at radius 3 is 2.77 bits per heavy atom. The second-order valence-corrected chi connectivity index (χ2v) is 3.81. The zero-order chi connectivity index (χ0) is 9.84. The predicted molar refractivity (Wildman–Crippen MR) is 54.2 cm³/mol. The molecule has 0 aliphatic heterocycles. The van der Waals surface area contributed by atoms with Gasteiger partial charge in [0.25, 0.3) is 0 Å². The van der Waals surface area contributed by atoms with Crippen LogP contribution in [0.1, 0.15) is 19.7 Å². The van der Waals surface area contributed by atoms with Crippen molar-refractivity contribution >= 4 is 16.7 Å². The summed E-state index contributed by atoms with van der Waals surface area (Å²) in [5.74, 6) is 0.873. The number of anilines is 1. The van der Waals surface area contributed by atoms with E-state index in [0.29, 0.717) is 6.54 Å². The number of likely N-dealkylation sites (N-methyl/N-ethyl adjacent to an activating group) is 1. The van der Waals surface area contributed by atoms with Gasteiger partial charge in [-0.1, -0.05) is 6.92 Å². The zero-order valence-electron chi connectivity index (χ0n) is 8.19. The first-order valence-corrected chi connectivity index (χ1v) is 5.12. The number of rotatable bonds is 4. The van der Waals surface area contributed by atoms with Gasteiger partial charge in [0.05, 0.1) is 6.10 Å². The fourth-order valence-electron chi connectivity index (χ4n) is 1.02. The topological polar surface area (TPSA) is 49.2 Å². The van der Waals surface area contributed by atoms with E-state index in [2.05, 4.69) is 9.36 Å². The van der Waals surface area contributed by atoms with Gasteiger partial charge in [0.15, 0.2) is 0 Å².